The molecule has 0 aliphatic carbocycles. The van der Waals surface area contributed by atoms with Crippen molar-refractivity contribution < 1.29 is 9.90 Å². The van der Waals surface area contributed by atoms with Crippen LogP contribution in [0.25, 0.3) is 0 Å². The van der Waals surface area contributed by atoms with E-state index in [1.165, 1.54) is 6.07 Å². The Morgan fingerprint density at radius 3 is 2.60 bits per heavy atom. The van der Waals surface area contributed by atoms with Crippen molar-refractivity contribution in [3.05, 3.63) is 69.2 Å². The lowest BCUT2D eigenvalue weighted by Gasteiger charge is -2.07. The van der Waals surface area contributed by atoms with E-state index in [1.54, 1.807) is 36.0 Å². The summed E-state index contributed by atoms with van der Waals surface area (Å²) in [5.41, 5.74) is 2.16. The molecule has 0 bridgehead atoms. The number of aromatic carboxylic acids is 1. The lowest BCUT2D eigenvalue weighted by Crippen LogP contribution is -2.22. The molecule has 0 atom stereocenters. The highest BCUT2D eigenvalue weighted by molar-refractivity contribution is 7.97. The number of hydrogen-bond donors (Lipinski definition) is 0. The zero-order valence-corrected chi connectivity index (χ0v) is 12.8. The molecule has 0 amide bonds. The third-order valence-electron chi connectivity index (χ3n) is 2.70. The Hall–Kier alpha value is -1.16. The van der Waals surface area contributed by atoms with Gasteiger partial charge in [0.2, 0.25) is 0 Å². The first-order chi connectivity index (χ1) is 9.56. The summed E-state index contributed by atoms with van der Waals surface area (Å²) in [7, 11) is 0. The number of halogens is 2. The topological polar surface area (TPSA) is 40.1 Å². The van der Waals surface area contributed by atoms with Gasteiger partial charge in [-0.1, -0.05) is 47.5 Å². The molecule has 5 heteroatoms. The first-order valence-corrected chi connectivity index (χ1v) is 7.79. The number of carbonyl (C=O) groups excluding carboxylic acids is 1. The molecule has 2 aromatic rings. The molecule has 0 aromatic heterocycles. The number of carbonyl (C=O) groups is 1. The van der Waals surface area contributed by atoms with Gasteiger partial charge in [-0.25, -0.2) is 0 Å². The van der Waals surface area contributed by atoms with E-state index in [4.69, 9.17) is 23.2 Å². The van der Waals surface area contributed by atoms with Gasteiger partial charge in [0.15, 0.2) is 0 Å². The summed E-state index contributed by atoms with van der Waals surface area (Å²) < 4.78 is 0. The van der Waals surface area contributed by atoms with E-state index in [0.717, 1.165) is 16.9 Å². The van der Waals surface area contributed by atoms with Crippen LogP contribution in [0.2, 0.25) is 10.0 Å². The highest BCUT2D eigenvalue weighted by Gasteiger charge is 2.02. The second kappa shape index (κ2) is 7.02. The summed E-state index contributed by atoms with van der Waals surface area (Å²) in [6.45, 7) is 0. The predicted molar refractivity (Wildman–Crippen MR) is 82.2 cm³/mol. The molecule has 0 radical (unpaired) electrons. The highest BCUT2D eigenvalue weighted by Crippen LogP contribution is 2.26. The number of hydrogen-bond acceptors (Lipinski definition) is 3. The molecule has 104 valence electrons. The number of rotatable bonds is 5. The largest absolute Gasteiger partial charge is 0.545 e. The third kappa shape index (κ3) is 4.17. The van der Waals surface area contributed by atoms with Gasteiger partial charge in [-0.05, 0) is 34.9 Å². The predicted octanol–water partition coefficient (Wildman–Crippen LogP) is 3.79. The molecular formula is C15H11Cl2O2S-. The highest BCUT2D eigenvalue weighted by atomic mass is 35.5. The van der Waals surface area contributed by atoms with Gasteiger partial charge >= 0.3 is 0 Å². The fourth-order valence-corrected chi connectivity index (χ4v) is 3.25. The Bertz CT molecular complexity index is 629. The van der Waals surface area contributed by atoms with Crippen LogP contribution in [-0.2, 0) is 11.5 Å². The molecule has 2 nitrogen and oxygen atoms in total. The standard InChI is InChI=1S/C15H12Cl2O2S/c16-13-5-4-12(14(17)7-13)9-20-8-10-2-1-3-11(6-10)15(18)19/h1-7H,8-9H2,(H,18,19)/p-1. The van der Waals surface area contributed by atoms with E-state index < -0.39 is 5.97 Å². The Balaban J connectivity index is 1.96. The molecule has 2 aromatic carbocycles. The first-order valence-electron chi connectivity index (χ1n) is 5.88. The van der Waals surface area contributed by atoms with E-state index in [9.17, 15) is 9.90 Å². The van der Waals surface area contributed by atoms with Crippen molar-refractivity contribution >= 4 is 40.9 Å². The van der Waals surface area contributed by atoms with Gasteiger partial charge in [0.05, 0.1) is 5.97 Å². The summed E-state index contributed by atoms with van der Waals surface area (Å²) in [6, 6.07) is 12.2. The minimum atomic E-state index is -1.16. The molecule has 0 saturated carbocycles. The van der Waals surface area contributed by atoms with E-state index >= 15 is 0 Å². The van der Waals surface area contributed by atoms with Gasteiger partial charge < -0.3 is 9.90 Å². The fourth-order valence-electron chi connectivity index (χ4n) is 1.71. The van der Waals surface area contributed by atoms with Crippen LogP contribution in [0.4, 0.5) is 0 Å². The van der Waals surface area contributed by atoms with E-state index in [-0.39, 0.29) is 5.56 Å². The smallest absolute Gasteiger partial charge is 0.0715 e. The van der Waals surface area contributed by atoms with Gasteiger partial charge in [0.1, 0.15) is 0 Å². The number of carboxylic acids is 1. The maximum Gasteiger partial charge on any atom is 0.0715 e. The van der Waals surface area contributed by atoms with Crippen LogP contribution in [0.5, 0.6) is 0 Å². The maximum absolute atomic E-state index is 10.8. The second-order valence-corrected chi connectivity index (χ2v) is 6.05. The summed E-state index contributed by atoms with van der Waals surface area (Å²) >= 11 is 13.6. The Kier molecular flexibility index (Phi) is 5.35. The van der Waals surface area contributed by atoms with Crippen molar-refractivity contribution in [1.82, 2.24) is 0 Å². The van der Waals surface area contributed by atoms with Crippen LogP contribution in [0.3, 0.4) is 0 Å². The number of thioether (sulfide) groups is 1. The van der Waals surface area contributed by atoms with Crippen molar-refractivity contribution in [2.75, 3.05) is 0 Å². The minimum absolute atomic E-state index is 0.202. The summed E-state index contributed by atoms with van der Waals surface area (Å²) in [4.78, 5) is 10.8. The summed E-state index contributed by atoms with van der Waals surface area (Å²) in [5, 5.41) is 12.0. The van der Waals surface area contributed by atoms with Crippen LogP contribution in [0.1, 0.15) is 21.5 Å². The quantitative estimate of drug-likeness (QED) is 0.839. The number of benzene rings is 2. The Morgan fingerprint density at radius 1 is 1.10 bits per heavy atom. The number of carboxylic acid groups (broad SMARTS) is 1. The van der Waals surface area contributed by atoms with E-state index in [2.05, 4.69) is 0 Å². The molecule has 0 saturated heterocycles. The Labute approximate surface area is 131 Å². The SMILES string of the molecule is O=C([O-])c1cccc(CSCc2ccc(Cl)cc2Cl)c1. The van der Waals surface area contributed by atoms with Gasteiger partial charge in [-0.2, -0.15) is 11.8 Å². The normalized spacial score (nSPS) is 10.5. The Morgan fingerprint density at radius 2 is 1.90 bits per heavy atom. The van der Waals surface area contributed by atoms with E-state index in [0.29, 0.717) is 15.8 Å². The second-order valence-electron chi connectivity index (χ2n) is 4.22. The summed E-state index contributed by atoms with van der Waals surface area (Å²) in [5.74, 6) is 0.295. The van der Waals surface area contributed by atoms with Crippen molar-refractivity contribution in [3.63, 3.8) is 0 Å². The molecule has 0 unspecified atom stereocenters. The van der Waals surface area contributed by atoms with Crippen LogP contribution in [-0.4, -0.2) is 5.97 Å². The minimum Gasteiger partial charge on any atom is -0.545 e. The zero-order chi connectivity index (χ0) is 14.5. The van der Waals surface area contributed by atoms with Gasteiger partial charge in [0.25, 0.3) is 0 Å². The zero-order valence-electron chi connectivity index (χ0n) is 10.4. The molecule has 0 aliphatic heterocycles. The summed E-state index contributed by atoms with van der Waals surface area (Å²) in [6.07, 6.45) is 0. The molecule has 2 rings (SSSR count). The van der Waals surface area contributed by atoms with Crippen LogP contribution in [0, 0.1) is 0 Å². The molecule has 0 N–H and O–H groups in total. The molecule has 0 fully saturated rings. The average molecular weight is 326 g/mol. The monoisotopic (exact) mass is 325 g/mol. The molecular weight excluding hydrogens is 315 g/mol. The molecule has 20 heavy (non-hydrogen) atoms. The van der Waals surface area contributed by atoms with Crippen molar-refractivity contribution in [2.24, 2.45) is 0 Å². The lowest BCUT2D eigenvalue weighted by molar-refractivity contribution is -0.255. The van der Waals surface area contributed by atoms with Gasteiger partial charge in [0, 0.05) is 21.6 Å². The van der Waals surface area contributed by atoms with Crippen molar-refractivity contribution in [3.8, 4) is 0 Å². The fraction of sp³-hybridized carbons (Fsp3) is 0.133. The first kappa shape index (κ1) is 15.2. The molecule has 0 heterocycles. The third-order valence-corrected chi connectivity index (χ3v) is 4.34. The van der Waals surface area contributed by atoms with Crippen LogP contribution < -0.4 is 5.11 Å². The molecule has 0 aliphatic rings. The van der Waals surface area contributed by atoms with E-state index in [1.807, 2.05) is 12.1 Å². The maximum atomic E-state index is 10.8. The van der Waals surface area contributed by atoms with Crippen molar-refractivity contribution in [2.45, 2.75) is 11.5 Å². The van der Waals surface area contributed by atoms with Crippen molar-refractivity contribution in [1.29, 1.82) is 0 Å². The van der Waals surface area contributed by atoms with Gasteiger partial charge in [-0.15, -0.1) is 0 Å². The van der Waals surface area contributed by atoms with Crippen LogP contribution >= 0.6 is 35.0 Å². The van der Waals surface area contributed by atoms with Gasteiger partial charge in [-0.3, -0.25) is 0 Å². The lowest BCUT2D eigenvalue weighted by atomic mass is 10.1. The molecule has 0 spiro atoms. The van der Waals surface area contributed by atoms with Crippen LogP contribution in [0.15, 0.2) is 42.5 Å². The average Bonchev–Trinajstić information content (AvgIpc) is 2.41.